The van der Waals surface area contributed by atoms with Gasteiger partial charge in [0.2, 0.25) is 5.88 Å². The summed E-state index contributed by atoms with van der Waals surface area (Å²) in [4.78, 5) is 18.4. The number of methoxy groups -OCH3 is 1. The van der Waals surface area contributed by atoms with Gasteiger partial charge in [0.15, 0.2) is 0 Å². The Labute approximate surface area is 104 Å². The van der Waals surface area contributed by atoms with Crippen molar-refractivity contribution >= 4 is 0 Å². The monoisotopic (exact) mass is 246 g/mol. The Morgan fingerprint density at radius 1 is 1.33 bits per heavy atom. The van der Waals surface area contributed by atoms with Gasteiger partial charge in [-0.2, -0.15) is 4.98 Å². The van der Waals surface area contributed by atoms with Gasteiger partial charge in [-0.1, -0.05) is 6.92 Å². The van der Waals surface area contributed by atoms with Crippen molar-refractivity contribution in [1.82, 2.24) is 9.97 Å². The molecule has 1 aromatic carbocycles. The lowest BCUT2D eigenvalue weighted by molar-refractivity contribution is 0.415. The van der Waals surface area contributed by atoms with Gasteiger partial charge >= 0.3 is 0 Å². The zero-order chi connectivity index (χ0) is 13.1. The van der Waals surface area contributed by atoms with Gasteiger partial charge in [0.05, 0.1) is 12.7 Å². The number of ether oxygens (including phenoxy) is 1. The van der Waals surface area contributed by atoms with Crippen molar-refractivity contribution in [3.8, 4) is 23.0 Å². The lowest BCUT2D eigenvalue weighted by Gasteiger charge is -2.05. The number of H-pyrrole nitrogens is 1. The molecule has 2 aromatic rings. The van der Waals surface area contributed by atoms with Gasteiger partial charge in [-0.3, -0.25) is 4.79 Å². The van der Waals surface area contributed by atoms with Gasteiger partial charge in [-0.15, -0.1) is 0 Å². The Bertz CT molecular complexity index is 603. The van der Waals surface area contributed by atoms with E-state index >= 15 is 0 Å². The minimum atomic E-state index is -0.309. The molecule has 5 nitrogen and oxygen atoms in total. The summed E-state index contributed by atoms with van der Waals surface area (Å²) in [6, 6.07) is 7.06. The molecule has 0 amide bonds. The van der Waals surface area contributed by atoms with E-state index < -0.39 is 0 Å². The number of nitrogens with one attached hydrogen (secondary N) is 1. The van der Waals surface area contributed by atoms with Crippen molar-refractivity contribution in [1.29, 1.82) is 0 Å². The molecule has 0 saturated heterocycles. The first-order valence-corrected chi connectivity index (χ1v) is 5.62. The molecule has 0 aliphatic rings. The molecular weight excluding hydrogens is 232 g/mol. The van der Waals surface area contributed by atoms with E-state index in [-0.39, 0.29) is 11.4 Å². The van der Waals surface area contributed by atoms with Crippen molar-refractivity contribution in [3.63, 3.8) is 0 Å². The first-order valence-electron chi connectivity index (χ1n) is 5.62. The Morgan fingerprint density at radius 3 is 2.50 bits per heavy atom. The Hall–Kier alpha value is -2.30. The molecule has 2 rings (SSSR count). The minimum absolute atomic E-state index is 0.216. The molecule has 5 heteroatoms. The van der Waals surface area contributed by atoms with Crippen molar-refractivity contribution in [2.24, 2.45) is 0 Å². The summed E-state index contributed by atoms with van der Waals surface area (Å²) >= 11 is 0. The lowest BCUT2D eigenvalue weighted by atomic mass is 10.2. The molecule has 1 heterocycles. The Kier molecular flexibility index (Phi) is 3.32. The lowest BCUT2D eigenvalue weighted by Crippen LogP contribution is -2.14. The van der Waals surface area contributed by atoms with Crippen LogP contribution >= 0.6 is 0 Å². The molecule has 0 fully saturated rings. The minimum Gasteiger partial charge on any atom is -0.497 e. The SMILES string of the molecule is CCc1c(O)nc(-c2ccc(OC)cc2)[nH]c1=O. The fraction of sp³-hybridized carbons (Fsp3) is 0.231. The van der Waals surface area contributed by atoms with Crippen LogP contribution in [0.2, 0.25) is 0 Å². The third-order valence-electron chi connectivity index (χ3n) is 2.71. The van der Waals surface area contributed by atoms with Crippen molar-refractivity contribution in [2.45, 2.75) is 13.3 Å². The summed E-state index contributed by atoms with van der Waals surface area (Å²) in [7, 11) is 1.58. The largest absolute Gasteiger partial charge is 0.497 e. The van der Waals surface area contributed by atoms with E-state index in [0.717, 1.165) is 5.75 Å². The number of rotatable bonds is 3. The van der Waals surface area contributed by atoms with Gasteiger partial charge in [0.25, 0.3) is 5.56 Å². The van der Waals surface area contributed by atoms with E-state index in [1.54, 1.807) is 38.3 Å². The zero-order valence-corrected chi connectivity index (χ0v) is 10.2. The second kappa shape index (κ2) is 4.91. The average Bonchev–Trinajstić information content (AvgIpc) is 2.38. The van der Waals surface area contributed by atoms with Crippen LogP contribution in [-0.2, 0) is 6.42 Å². The molecule has 0 bridgehead atoms. The summed E-state index contributed by atoms with van der Waals surface area (Å²) < 4.78 is 5.05. The molecule has 1 aromatic heterocycles. The molecular formula is C13H14N2O3. The fourth-order valence-corrected chi connectivity index (χ4v) is 1.69. The molecule has 94 valence electrons. The van der Waals surface area contributed by atoms with Crippen LogP contribution in [0.15, 0.2) is 29.1 Å². The highest BCUT2D eigenvalue weighted by molar-refractivity contribution is 5.56. The molecule has 18 heavy (non-hydrogen) atoms. The molecule has 0 radical (unpaired) electrons. The molecule has 0 spiro atoms. The van der Waals surface area contributed by atoms with E-state index in [1.807, 2.05) is 0 Å². The number of aromatic hydroxyl groups is 1. The van der Waals surface area contributed by atoms with E-state index in [0.29, 0.717) is 23.4 Å². The maximum Gasteiger partial charge on any atom is 0.258 e. The van der Waals surface area contributed by atoms with Gasteiger partial charge in [-0.05, 0) is 30.7 Å². The number of aromatic amines is 1. The highest BCUT2D eigenvalue weighted by Gasteiger charge is 2.09. The smallest absolute Gasteiger partial charge is 0.258 e. The normalized spacial score (nSPS) is 10.3. The Balaban J connectivity index is 2.47. The van der Waals surface area contributed by atoms with Crippen molar-refractivity contribution in [3.05, 3.63) is 40.2 Å². The van der Waals surface area contributed by atoms with Gasteiger partial charge in [0, 0.05) is 5.56 Å². The van der Waals surface area contributed by atoms with Gasteiger partial charge in [-0.25, -0.2) is 0 Å². The fourth-order valence-electron chi connectivity index (χ4n) is 1.69. The first kappa shape index (κ1) is 12.2. The summed E-state index contributed by atoms with van der Waals surface area (Å²) in [5, 5.41) is 9.68. The predicted molar refractivity (Wildman–Crippen MR) is 67.9 cm³/mol. The number of benzene rings is 1. The molecule has 2 N–H and O–H groups in total. The standard InChI is InChI=1S/C13H14N2O3/c1-3-10-12(16)14-11(15-13(10)17)8-4-6-9(18-2)7-5-8/h4-7H,3H2,1-2H3,(H2,14,15,16,17). The van der Waals surface area contributed by atoms with Crippen LogP contribution in [0, 0.1) is 0 Å². The van der Waals surface area contributed by atoms with Crippen molar-refractivity contribution < 1.29 is 9.84 Å². The maximum absolute atomic E-state index is 11.7. The topological polar surface area (TPSA) is 75.2 Å². The van der Waals surface area contributed by atoms with Crippen LogP contribution in [0.3, 0.4) is 0 Å². The van der Waals surface area contributed by atoms with Gasteiger partial charge < -0.3 is 14.8 Å². The Morgan fingerprint density at radius 2 is 2.00 bits per heavy atom. The number of aromatic nitrogens is 2. The molecule has 0 aliphatic carbocycles. The van der Waals surface area contributed by atoms with E-state index in [2.05, 4.69) is 9.97 Å². The third-order valence-corrected chi connectivity index (χ3v) is 2.71. The summed E-state index contributed by atoms with van der Waals surface area (Å²) in [5.41, 5.74) is 0.703. The highest BCUT2D eigenvalue weighted by atomic mass is 16.5. The van der Waals surface area contributed by atoms with Crippen LogP contribution in [0.5, 0.6) is 11.6 Å². The predicted octanol–water partition coefficient (Wildman–Crippen LogP) is 1.71. The van der Waals surface area contributed by atoms with Crippen molar-refractivity contribution in [2.75, 3.05) is 7.11 Å². The van der Waals surface area contributed by atoms with E-state index in [4.69, 9.17) is 4.74 Å². The number of hydrogen-bond acceptors (Lipinski definition) is 4. The summed E-state index contributed by atoms with van der Waals surface area (Å²) in [5.74, 6) is 0.847. The maximum atomic E-state index is 11.7. The number of hydrogen-bond donors (Lipinski definition) is 2. The molecule has 0 atom stereocenters. The van der Waals surface area contributed by atoms with Crippen LogP contribution in [0.1, 0.15) is 12.5 Å². The second-order valence-electron chi connectivity index (χ2n) is 3.80. The third kappa shape index (κ3) is 2.20. The van der Waals surface area contributed by atoms with Gasteiger partial charge in [0.1, 0.15) is 11.6 Å². The van der Waals surface area contributed by atoms with E-state index in [1.165, 1.54) is 0 Å². The number of nitrogens with zero attached hydrogens (tertiary/aromatic N) is 1. The molecule has 0 unspecified atom stereocenters. The zero-order valence-electron chi connectivity index (χ0n) is 10.2. The summed E-state index contributed by atoms with van der Waals surface area (Å²) in [6.45, 7) is 1.79. The quantitative estimate of drug-likeness (QED) is 0.864. The van der Waals surface area contributed by atoms with Crippen LogP contribution in [0.25, 0.3) is 11.4 Å². The van der Waals surface area contributed by atoms with Crippen LogP contribution in [-0.4, -0.2) is 22.2 Å². The van der Waals surface area contributed by atoms with Crippen LogP contribution < -0.4 is 10.3 Å². The molecule has 0 saturated carbocycles. The highest BCUT2D eigenvalue weighted by Crippen LogP contribution is 2.20. The van der Waals surface area contributed by atoms with E-state index in [9.17, 15) is 9.90 Å². The summed E-state index contributed by atoms with van der Waals surface area (Å²) in [6.07, 6.45) is 0.442. The second-order valence-corrected chi connectivity index (χ2v) is 3.80. The van der Waals surface area contributed by atoms with Crippen LogP contribution in [0.4, 0.5) is 0 Å². The first-order chi connectivity index (χ1) is 8.65. The average molecular weight is 246 g/mol. The molecule has 0 aliphatic heterocycles.